The van der Waals surface area contributed by atoms with Gasteiger partial charge in [0.15, 0.2) is 0 Å². The molecule has 3 aliphatic rings. The molecule has 8 heteroatoms. The molecule has 0 bridgehead atoms. The second kappa shape index (κ2) is 8.08. The topological polar surface area (TPSA) is 89.6 Å². The number of piperazine rings is 1. The molecule has 0 unspecified atom stereocenters. The van der Waals surface area contributed by atoms with Gasteiger partial charge in [0.05, 0.1) is 17.9 Å². The Kier molecular flexibility index (Phi) is 5.36. The van der Waals surface area contributed by atoms with Crippen LogP contribution in [-0.2, 0) is 4.79 Å². The van der Waals surface area contributed by atoms with Crippen LogP contribution in [0.2, 0.25) is 0 Å². The molecule has 0 aromatic carbocycles. The van der Waals surface area contributed by atoms with Crippen molar-refractivity contribution in [2.75, 3.05) is 43.4 Å². The summed E-state index contributed by atoms with van der Waals surface area (Å²) in [5, 5.41) is 9.28. The van der Waals surface area contributed by atoms with Crippen molar-refractivity contribution in [2.24, 2.45) is 0 Å². The molecule has 1 aromatic heterocycles. The lowest BCUT2D eigenvalue weighted by Crippen LogP contribution is -2.48. The number of rotatable bonds is 3. The fourth-order valence-electron chi connectivity index (χ4n) is 4.12. The van der Waals surface area contributed by atoms with Crippen LogP contribution in [0.15, 0.2) is 17.8 Å². The number of pyridine rings is 1. The van der Waals surface area contributed by atoms with Crippen molar-refractivity contribution in [1.29, 1.82) is 0 Å². The van der Waals surface area contributed by atoms with Crippen LogP contribution >= 0.6 is 0 Å². The number of amides is 3. The summed E-state index contributed by atoms with van der Waals surface area (Å²) in [6.07, 6.45) is 6.55. The van der Waals surface area contributed by atoms with Crippen molar-refractivity contribution >= 4 is 29.5 Å². The molecule has 3 N–H and O–H groups in total. The number of hydrogen-bond donors (Lipinski definition) is 3. The second-order valence-electron chi connectivity index (χ2n) is 7.69. The van der Waals surface area contributed by atoms with Gasteiger partial charge in [0.2, 0.25) is 5.91 Å². The Labute approximate surface area is 165 Å². The lowest BCUT2D eigenvalue weighted by molar-refractivity contribution is -0.130. The highest BCUT2D eigenvalue weighted by Crippen LogP contribution is 2.26. The van der Waals surface area contributed by atoms with Gasteiger partial charge in [-0.25, -0.2) is 9.78 Å². The summed E-state index contributed by atoms with van der Waals surface area (Å²) in [5.41, 5.74) is 2.96. The van der Waals surface area contributed by atoms with Crippen LogP contribution in [0.4, 0.5) is 16.3 Å². The Morgan fingerprint density at radius 3 is 2.61 bits per heavy atom. The first-order chi connectivity index (χ1) is 13.6. The van der Waals surface area contributed by atoms with Gasteiger partial charge < -0.3 is 20.4 Å². The molecule has 0 spiro atoms. The van der Waals surface area contributed by atoms with E-state index < -0.39 is 0 Å². The Hall–Kier alpha value is -2.77. The molecule has 0 atom stereocenters. The first-order valence-corrected chi connectivity index (χ1v) is 10.1. The van der Waals surface area contributed by atoms with Crippen LogP contribution in [-0.4, -0.2) is 65.5 Å². The van der Waals surface area contributed by atoms with Crippen molar-refractivity contribution in [1.82, 2.24) is 20.1 Å². The van der Waals surface area contributed by atoms with Gasteiger partial charge in [-0.15, -0.1) is 0 Å². The van der Waals surface area contributed by atoms with Gasteiger partial charge in [-0.2, -0.15) is 0 Å². The fourth-order valence-corrected chi connectivity index (χ4v) is 4.12. The molecule has 2 aliphatic heterocycles. The summed E-state index contributed by atoms with van der Waals surface area (Å²) < 4.78 is 0. The smallest absolute Gasteiger partial charge is 0.320 e. The maximum absolute atomic E-state index is 12.2. The zero-order valence-electron chi connectivity index (χ0n) is 16.3. The number of aromatic nitrogens is 1. The maximum atomic E-state index is 12.2. The summed E-state index contributed by atoms with van der Waals surface area (Å²) in [6, 6.07) is 3.87. The van der Waals surface area contributed by atoms with Crippen molar-refractivity contribution in [3.05, 3.63) is 23.5 Å². The van der Waals surface area contributed by atoms with Gasteiger partial charge in [0.1, 0.15) is 5.82 Å². The summed E-state index contributed by atoms with van der Waals surface area (Å²) >= 11 is 0. The molecule has 2 fully saturated rings. The largest absolute Gasteiger partial charge is 0.378 e. The minimum Gasteiger partial charge on any atom is -0.378 e. The summed E-state index contributed by atoms with van der Waals surface area (Å²) in [5.74, 6) is 0.684. The molecule has 150 valence electrons. The van der Waals surface area contributed by atoms with E-state index in [9.17, 15) is 9.59 Å². The standard InChI is InChI=1S/C20H28N6O2/c1-14(27)25-8-10-26(11-9-25)16-12-18-17(21-13-16)6-7-19(23-18)24-20(28)22-15-4-2-3-5-15/h6-7,12,15,21H,2-5,8-11,13H2,1H3,(H2,22,23,24,28). The van der Waals surface area contributed by atoms with Gasteiger partial charge in [0, 0.05) is 44.8 Å². The van der Waals surface area contributed by atoms with Crippen molar-refractivity contribution < 1.29 is 9.59 Å². The van der Waals surface area contributed by atoms with E-state index in [1.54, 1.807) is 6.92 Å². The third-order valence-corrected chi connectivity index (χ3v) is 5.75. The van der Waals surface area contributed by atoms with Crippen molar-refractivity contribution in [3.63, 3.8) is 0 Å². The second-order valence-corrected chi connectivity index (χ2v) is 7.69. The average molecular weight is 384 g/mol. The number of anilines is 2. The zero-order valence-corrected chi connectivity index (χ0v) is 16.3. The van der Waals surface area contributed by atoms with E-state index >= 15 is 0 Å². The highest BCUT2D eigenvalue weighted by molar-refractivity contribution is 5.89. The van der Waals surface area contributed by atoms with Gasteiger partial charge in [-0.05, 0) is 31.1 Å². The van der Waals surface area contributed by atoms with E-state index in [4.69, 9.17) is 0 Å². The van der Waals surface area contributed by atoms with E-state index in [1.165, 1.54) is 12.8 Å². The van der Waals surface area contributed by atoms with E-state index in [0.29, 0.717) is 5.82 Å². The molecule has 28 heavy (non-hydrogen) atoms. The number of carbonyl (C=O) groups is 2. The van der Waals surface area contributed by atoms with Gasteiger partial charge >= 0.3 is 6.03 Å². The molecule has 1 aliphatic carbocycles. The molecule has 4 rings (SSSR count). The number of urea groups is 1. The minimum atomic E-state index is -0.187. The lowest BCUT2D eigenvalue weighted by Gasteiger charge is -2.38. The fraction of sp³-hybridized carbons (Fsp3) is 0.550. The van der Waals surface area contributed by atoms with Gasteiger partial charge in [-0.3, -0.25) is 10.1 Å². The number of carbonyl (C=O) groups excluding carboxylic acids is 2. The van der Waals surface area contributed by atoms with E-state index in [2.05, 4.69) is 31.9 Å². The molecule has 8 nitrogen and oxygen atoms in total. The van der Waals surface area contributed by atoms with E-state index in [1.807, 2.05) is 17.0 Å². The quantitative estimate of drug-likeness (QED) is 0.742. The number of nitrogens with zero attached hydrogens (tertiary/aromatic N) is 3. The van der Waals surface area contributed by atoms with Gasteiger partial charge in [0.25, 0.3) is 0 Å². The predicted octanol–water partition coefficient (Wildman–Crippen LogP) is 2.08. The zero-order chi connectivity index (χ0) is 19.5. The van der Waals surface area contributed by atoms with Crippen molar-refractivity contribution in [2.45, 2.75) is 38.6 Å². The molecule has 3 heterocycles. The Morgan fingerprint density at radius 1 is 1.14 bits per heavy atom. The maximum Gasteiger partial charge on any atom is 0.320 e. The molecule has 1 aromatic rings. The van der Waals surface area contributed by atoms with Crippen LogP contribution in [0, 0.1) is 0 Å². The SMILES string of the molecule is CC(=O)N1CCN(C2=Cc3nc(NC(=O)NC4CCCC4)ccc3NC2)CC1. The molecular weight excluding hydrogens is 356 g/mol. The first-order valence-electron chi connectivity index (χ1n) is 10.1. The van der Waals surface area contributed by atoms with E-state index in [0.717, 1.165) is 62.6 Å². The molecule has 0 radical (unpaired) electrons. The summed E-state index contributed by atoms with van der Waals surface area (Å²) in [6.45, 7) is 5.50. The van der Waals surface area contributed by atoms with Crippen molar-refractivity contribution in [3.8, 4) is 0 Å². The molecular formula is C20H28N6O2. The Balaban J connectivity index is 1.40. The van der Waals surface area contributed by atoms with Crippen LogP contribution in [0.5, 0.6) is 0 Å². The predicted molar refractivity (Wildman–Crippen MR) is 109 cm³/mol. The third kappa shape index (κ3) is 4.21. The van der Waals surface area contributed by atoms with E-state index in [-0.39, 0.29) is 18.0 Å². The summed E-state index contributed by atoms with van der Waals surface area (Å²) in [7, 11) is 0. The lowest BCUT2D eigenvalue weighted by atomic mass is 10.1. The van der Waals surface area contributed by atoms with Crippen LogP contribution in [0.3, 0.4) is 0 Å². The number of fused-ring (bicyclic) bond motifs is 1. The van der Waals surface area contributed by atoms with Crippen LogP contribution < -0.4 is 16.0 Å². The van der Waals surface area contributed by atoms with Crippen LogP contribution in [0.25, 0.3) is 6.08 Å². The minimum absolute atomic E-state index is 0.133. The van der Waals surface area contributed by atoms with Gasteiger partial charge in [-0.1, -0.05) is 12.8 Å². The molecule has 3 amide bonds. The first kappa shape index (κ1) is 18.6. The summed E-state index contributed by atoms with van der Waals surface area (Å²) in [4.78, 5) is 32.5. The normalized spacial score (nSPS) is 19.5. The monoisotopic (exact) mass is 384 g/mol. The number of hydrogen-bond acceptors (Lipinski definition) is 5. The third-order valence-electron chi connectivity index (χ3n) is 5.75. The van der Waals surface area contributed by atoms with Crippen LogP contribution in [0.1, 0.15) is 38.3 Å². The molecule has 1 saturated carbocycles. The Bertz CT molecular complexity index is 779. The Morgan fingerprint density at radius 2 is 1.89 bits per heavy atom. The molecule has 1 saturated heterocycles. The highest BCUT2D eigenvalue weighted by Gasteiger charge is 2.23. The highest BCUT2D eigenvalue weighted by atomic mass is 16.2. The average Bonchev–Trinajstić information content (AvgIpc) is 3.20. The number of nitrogens with one attached hydrogen (secondary N) is 3.